The summed E-state index contributed by atoms with van der Waals surface area (Å²) in [6, 6.07) is 13.9. The van der Waals surface area contributed by atoms with Crippen molar-refractivity contribution in [1.82, 2.24) is 4.57 Å². The largest absolute Gasteiger partial charge is 0.497 e. The van der Waals surface area contributed by atoms with Gasteiger partial charge < -0.3 is 9.30 Å². The molecular weight excluding hydrogens is 286 g/mol. The minimum Gasteiger partial charge on any atom is -0.497 e. The highest BCUT2D eigenvalue weighted by molar-refractivity contribution is 6.20. The molecule has 0 fully saturated rings. The van der Waals surface area contributed by atoms with Gasteiger partial charge in [-0.3, -0.25) is 4.79 Å². The average molecular weight is 305 g/mol. The quantitative estimate of drug-likeness (QED) is 0.679. The zero-order valence-electron chi connectivity index (χ0n) is 13.8. The van der Waals surface area contributed by atoms with Gasteiger partial charge in [0, 0.05) is 34.6 Å². The maximum atomic E-state index is 13.2. The number of fused-ring (bicyclic) bond motifs is 4. The number of rotatable bonds is 1. The van der Waals surface area contributed by atoms with Crippen LogP contribution in [0.15, 0.2) is 42.5 Å². The highest BCUT2D eigenvalue weighted by Gasteiger charge is 2.40. The highest BCUT2D eigenvalue weighted by atomic mass is 16.5. The third-order valence-corrected chi connectivity index (χ3v) is 5.07. The van der Waals surface area contributed by atoms with Crippen LogP contribution in [-0.2, 0) is 12.5 Å². The molecule has 1 heterocycles. The summed E-state index contributed by atoms with van der Waals surface area (Å²) < 4.78 is 7.53. The first kappa shape index (κ1) is 14.1. The third-order valence-electron chi connectivity index (χ3n) is 5.07. The third kappa shape index (κ3) is 1.68. The summed E-state index contributed by atoms with van der Waals surface area (Å²) in [5, 5.41) is 1.03. The van der Waals surface area contributed by atoms with Crippen molar-refractivity contribution in [2.45, 2.75) is 19.3 Å². The molecule has 0 unspecified atom stereocenters. The van der Waals surface area contributed by atoms with Crippen LogP contribution >= 0.6 is 0 Å². The summed E-state index contributed by atoms with van der Waals surface area (Å²) in [6.07, 6.45) is 0. The van der Waals surface area contributed by atoms with Crippen LogP contribution in [0.25, 0.3) is 10.9 Å². The minimum absolute atomic E-state index is 0.105. The van der Waals surface area contributed by atoms with Gasteiger partial charge in [0.1, 0.15) is 5.75 Å². The Morgan fingerprint density at radius 3 is 2.57 bits per heavy atom. The molecule has 2 aromatic carbocycles. The molecule has 1 aromatic heterocycles. The number of hydrogen-bond donors (Lipinski definition) is 0. The Kier molecular flexibility index (Phi) is 2.74. The summed E-state index contributed by atoms with van der Waals surface area (Å²) in [7, 11) is 3.70. The molecule has 1 aliphatic carbocycles. The van der Waals surface area contributed by atoms with E-state index in [4.69, 9.17) is 4.74 Å². The lowest BCUT2D eigenvalue weighted by Crippen LogP contribution is -2.32. The SMILES string of the molecule is COc1ccc2c(c1)C(C)(C)c1c(c3ccccc3n1C)C2=O. The maximum Gasteiger partial charge on any atom is 0.195 e. The van der Waals surface area contributed by atoms with E-state index in [1.807, 2.05) is 43.4 Å². The van der Waals surface area contributed by atoms with E-state index in [0.29, 0.717) is 0 Å². The number of benzene rings is 2. The monoisotopic (exact) mass is 305 g/mol. The second kappa shape index (κ2) is 4.48. The molecule has 0 radical (unpaired) electrons. The molecule has 116 valence electrons. The first-order valence-electron chi connectivity index (χ1n) is 7.78. The van der Waals surface area contributed by atoms with Gasteiger partial charge >= 0.3 is 0 Å². The van der Waals surface area contributed by atoms with Crippen LogP contribution in [0.4, 0.5) is 0 Å². The number of para-hydroxylation sites is 1. The molecule has 0 atom stereocenters. The van der Waals surface area contributed by atoms with Gasteiger partial charge in [-0.05, 0) is 29.8 Å². The van der Waals surface area contributed by atoms with Crippen LogP contribution in [-0.4, -0.2) is 17.5 Å². The number of methoxy groups -OCH3 is 1. The van der Waals surface area contributed by atoms with Crippen molar-refractivity contribution in [3.63, 3.8) is 0 Å². The molecule has 4 rings (SSSR count). The Bertz CT molecular complexity index is 963. The summed E-state index contributed by atoms with van der Waals surface area (Å²) in [4.78, 5) is 13.2. The predicted molar refractivity (Wildman–Crippen MR) is 91.5 cm³/mol. The van der Waals surface area contributed by atoms with Crippen LogP contribution in [0, 0.1) is 0 Å². The van der Waals surface area contributed by atoms with Crippen LogP contribution in [0.5, 0.6) is 5.75 Å². The van der Waals surface area contributed by atoms with Crippen LogP contribution in [0.1, 0.15) is 41.0 Å². The number of carbonyl (C=O) groups excluding carboxylic acids is 1. The van der Waals surface area contributed by atoms with E-state index in [-0.39, 0.29) is 11.2 Å². The van der Waals surface area contributed by atoms with E-state index in [2.05, 4.69) is 24.5 Å². The van der Waals surface area contributed by atoms with E-state index in [1.165, 1.54) is 0 Å². The molecular formula is C20H19NO2. The molecule has 0 saturated heterocycles. The highest BCUT2D eigenvalue weighted by Crippen LogP contribution is 2.45. The molecule has 0 saturated carbocycles. The Labute approximate surface area is 135 Å². The van der Waals surface area contributed by atoms with Crippen molar-refractivity contribution in [1.29, 1.82) is 0 Å². The van der Waals surface area contributed by atoms with Gasteiger partial charge in [0.05, 0.1) is 12.7 Å². The Morgan fingerprint density at radius 1 is 1.09 bits per heavy atom. The smallest absolute Gasteiger partial charge is 0.195 e. The number of ether oxygens (including phenoxy) is 1. The number of carbonyl (C=O) groups is 1. The molecule has 1 aliphatic rings. The summed E-state index contributed by atoms with van der Waals surface area (Å²) in [5.41, 5.74) is 4.55. The maximum absolute atomic E-state index is 13.2. The average Bonchev–Trinajstić information content (AvgIpc) is 2.87. The molecule has 0 N–H and O–H groups in total. The van der Waals surface area contributed by atoms with Crippen molar-refractivity contribution >= 4 is 16.7 Å². The van der Waals surface area contributed by atoms with E-state index in [1.54, 1.807) is 7.11 Å². The van der Waals surface area contributed by atoms with Crippen molar-refractivity contribution in [3.05, 3.63) is 64.8 Å². The van der Waals surface area contributed by atoms with Gasteiger partial charge in [-0.2, -0.15) is 0 Å². The van der Waals surface area contributed by atoms with E-state index >= 15 is 0 Å². The number of aryl methyl sites for hydroxylation is 1. The van der Waals surface area contributed by atoms with Crippen molar-refractivity contribution in [3.8, 4) is 5.75 Å². The van der Waals surface area contributed by atoms with Gasteiger partial charge in [-0.1, -0.05) is 32.0 Å². The van der Waals surface area contributed by atoms with Crippen LogP contribution in [0.2, 0.25) is 0 Å². The number of ketones is 1. The van der Waals surface area contributed by atoms with E-state index in [9.17, 15) is 4.79 Å². The molecule has 0 bridgehead atoms. The summed E-state index contributed by atoms with van der Waals surface area (Å²) in [6.45, 7) is 4.35. The molecule has 3 aromatic rings. The summed E-state index contributed by atoms with van der Waals surface area (Å²) >= 11 is 0. The topological polar surface area (TPSA) is 31.2 Å². The van der Waals surface area contributed by atoms with Gasteiger partial charge in [0.25, 0.3) is 0 Å². The van der Waals surface area contributed by atoms with E-state index < -0.39 is 0 Å². The Hall–Kier alpha value is -2.55. The first-order chi connectivity index (χ1) is 11.0. The second-order valence-electron chi connectivity index (χ2n) is 6.67. The van der Waals surface area contributed by atoms with Gasteiger partial charge in [-0.25, -0.2) is 0 Å². The van der Waals surface area contributed by atoms with Gasteiger partial charge in [0.15, 0.2) is 5.78 Å². The molecule has 3 heteroatoms. The fourth-order valence-electron chi connectivity index (χ4n) is 3.98. The second-order valence-corrected chi connectivity index (χ2v) is 6.67. The van der Waals surface area contributed by atoms with Crippen molar-refractivity contribution < 1.29 is 9.53 Å². The molecule has 0 spiro atoms. The number of hydrogen-bond acceptors (Lipinski definition) is 2. The number of nitrogens with zero attached hydrogens (tertiary/aromatic N) is 1. The zero-order valence-corrected chi connectivity index (χ0v) is 13.8. The number of aromatic nitrogens is 1. The minimum atomic E-state index is -0.263. The lowest BCUT2D eigenvalue weighted by molar-refractivity contribution is 0.103. The standard InChI is InChI=1S/C20H19NO2/c1-20(2)15-11-12(23-4)9-10-13(15)18(22)17-14-7-5-6-8-16(14)21(3)19(17)20/h5-11H,1-4H3. The molecule has 0 amide bonds. The predicted octanol–water partition coefficient (Wildman–Crippen LogP) is 4.06. The fourth-order valence-corrected chi connectivity index (χ4v) is 3.98. The van der Waals surface area contributed by atoms with Gasteiger partial charge in [0.2, 0.25) is 0 Å². The van der Waals surface area contributed by atoms with Crippen molar-refractivity contribution in [2.24, 2.45) is 7.05 Å². The zero-order chi connectivity index (χ0) is 16.4. The first-order valence-corrected chi connectivity index (χ1v) is 7.78. The summed E-state index contributed by atoms with van der Waals surface area (Å²) in [5.74, 6) is 0.889. The Morgan fingerprint density at radius 2 is 1.83 bits per heavy atom. The fraction of sp³-hybridized carbons (Fsp3) is 0.250. The lowest BCUT2D eigenvalue weighted by atomic mass is 9.71. The molecule has 0 aliphatic heterocycles. The Balaban J connectivity index is 2.13. The van der Waals surface area contributed by atoms with E-state index in [0.717, 1.165) is 39.0 Å². The van der Waals surface area contributed by atoms with Crippen LogP contribution in [0.3, 0.4) is 0 Å². The van der Waals surface area contributed by atoms with Gasteiger partial charge in [-0.15, -0.1) is 0 Å². The molecule has 3 nitrogen and oxygen atoms in total. The van der Waals surface area contributed by atoms with Crippen LogP contribution < -0.4 is 4.74 Å². The molecule has 23 heavy (non-hydrogen) atoms. The lowest BCUT2D eigenvalue weighted by Gasteiger charge is -2.33. The normalized spacial score (nSPS) is 15.4. The van der Waals surface area contributed by atoms with Crippen molar-refractivity contribution in [2.75, 3.05) is 7.11 Å².